The zero-order valence-corrected chi connectivity index (χ0v) is 12.7. The fourth-order valence-electron chi connectivity index (χ4n) is 0.582. The molecule has 0 amide bonds. The zero-order chi connectivity index (χ0) is 11.6. The number of carbonyl (C=O) groups excluding carboxylic acids is 1. The summed E-state index contributed by atoms with van der Waals surface area (Å²) in [4.78, 5) is 44.9. The van der Waals surface area contributed by atoms with Crippen molar-refractivity contribution in [3.05, 3.63) is 0 Å². The summed E-state index contributed by atoms with van der Waals surface area (Å²) < 4.78 is 21.3. The van der Waals surface area contributed by atoms with Crippen LogP contribution in [0.2, 0.25) is 0 Å². The Bertz CT molecular complexity index is 286. The first-order valence-electron chi connectivity index (χ1n) is 3.29. The van der Waals surface area contributed by atoms with Crippen LogP contribution in [0.5, 0.6) is 0 Å². The van der Waals surface area contributed by atoms with Crippen molar-refractivity contribution < 1.29 is 33.5 Å². The molecule has 0 aliphatic carbocycles. The maximum Gasteiger partial charge on any atom is 0.341 e. The molecular formula is C4H10NaO7P2S. The van der Waals surface area contributed by atoms with E-state index in [4.69, 9.17) is 19.6 Å². The number of hydrogen-bond donors (Lipinski definition) is 4. The molecule has 0 aliphatic rings. The molecule has 0 aromatic rings. The van der Waals surface area contributed by atoms with Crippen LogP contribution in [0.1, 0.15) is 6.92 Å². The molecule has 0 spiro atoms. The molecule has 7 nitrogen and oxygen atoms in total. The largest absolute Gasteiger partial charge is 0.341 e. The van der Waals surface area contributed by atoms with Gasteiger partial charge in [0.25, 0.3) is 0 Å². The molecule has 15 heavy (non-hydrogen) atoms. The molecular weight excluding hydrogens is 277 g/mol. The van der Waals surface area contributed by atoms with Gasteiger partial charge in [-0.3, -0.25) is 13.9 Å². The van der Waals surface area contributed by atoms with Crippen molar-refractivity contribution in [2.45, 2.75) is 12.3 Å². The van der Waals surface area contributed by atoms with Gasteiger partial charge in [-0.1, -0.05) is 11.8 Å². The van der Waals surface area contributed by atoms with Gasteiger partial charge in [-0.15, -0.1) is 0 Å². The van der Waals surface area contributed by atoms with E-state index in [0.29, 0.717) is 11.8 Å². The Morgan fingerprint density at radius 1 is 1.20 bits per heavy atom. The van der Waals surface area contributed by atoms with Gasteiger partial charge in [-0.25, -0.2) is 0 Å². The molecule has 0 atom stereocenters. The second-order valence-electron chi connectivity index (χ2n) is 2.46. The average Bonchev–Trinajstić information content (AvgIpc) is 1.78. The molecule has 85 valence electrons. The summed E-state index contributed by atoms with van der Waals surface area (Å²) in [7, 11) is -9.78. The van der Waals surface area contributed by atoms with Gasteiger partial charge in [0.1, 0.15) is 0 Å². The molecule has 0 heterocycles. The Labute approximate surface area is 113 Å². The van der Waals surface area contributed by atoms with E-state index in [1.54, 1.807) is 0 Å². The van der Waals surface area contributed by atoms with Crippen molar-refractivity contribution in [2.24, 2.45) is 0 Å². The summed E-state index contributed by atoms with van der Waals surface area (Å²) in [6, 6.07) is 0. The van der Waals surface area contributed by atoms with Crippen molar-refractivity contribution in [1.29, 1.82) is 0 Å². The van der Waals surface area contributed by atoms with Crippen LogP contribution >= 0.6 is 27.0 Å². The van der Waals surface area contributed by atoms with Gasteiger partial charge in [-0.05, 0) is 0 Å². The molecule has 0 fully saturated rings. The van der Waals surface area contributed by atoms with E-state index in [1.165, 1.54) is 0 Å². The van der Waals surface area contributed by atoms with Gasteiger partial charge in [0.15, 0.2) is 10.5 Å². The third-order valence-electron chi connectivity index (χ3n) is 1.21. The SMILES string of the molecule is CC(=O)SCC(P(=O)(O)O)P(=O)(O)O.[Na]. The number of carbonyl (C=O) groups is 1. The smallest absolute Gasteiger partial charge is 0.324 e. The normalized spacial score (nSPS) is 12.4. The third kappa shape index (κ3) is 8.10. The van der Waals surface area contributed by atoms with Crippen molar-refractivity contribution in [2.75, 3.05) is 5.75 Å². The Morgan fingerprint density at radius 3 is 1.73 bits per heavy atom. The number of hydrogen-bond acceptors (Lipinski definition) is 4. The fourth-order valence-corrected chi connectivity index (χ4v) is 4.53. The van der Waals surface area contributed by atoms with Crippen LogP contribution < -0.4 is 0 Å². The maximum absolute atomic E-state index is 10.7. The second kappa shape index (κ2) is 6.91. The molecule has 0 saturated carbocycles. The number of thioether (sulfide) groups is 1. The zero-order valence-electron chi connectivity index (χ0n) is 8.10. The predicted molar refractivity (Wildman–Crippen MR) is 56.8 cm³/mol. The maximum atomic E-state index is 10.7. The minimum Gasteiger partial charge on any atom is -0.324 e. The topological polar surface area (TPSA) is 132 Å². The van der Waals surface area contributed by atoms with Crippen molar-refractivity contribution in [1.82, 2.24) is 0 Å². The van der Waals surface area contributed by atoms with Gasteiger partial charge >= 0.3 is 15.2 Å². The Hall–Kier alpha value is 1.32. The second-order valence-corrected chi connectivity index (χ2v) is 7.67. The molecule has 0 aliphatic heterocycles. The molecule has 4 N–H and O–H groups in total. The molecule has 0 aromatic heterocycles. The van der Waals surface area contributed by atoms with Gasteiger partial charge in [0.2, 0.25) is 0 Å². The molecule has 0 aromatic carbocycles. The summed E-state index contributed by atoms with van der Waals surface area (Å²) >= 11 is 0.470. The molecule has 0 rings (SSSR count). The van der Waals surface area contributed by atoms with Crippen LogP contribution in [-0.4, -0.2) is 65.4 Å². The molecule has 1 radical (unpaired) electrons. The van der Waals surface area contributed by atoms with E-state index in [0.717, 1.165) is 6.92 Å². The molecule has 11 heteroatoms. The van der Waals surface area contributed by atoms with E-state index in [1.807, 2.05) is 0 Å². The number of rotatable bonds is 4. The van der Waals surface area contributed by atoms with E-state index in [9.17, 15) is 13.9 Å². The first-order chi connectivity index (χ1) is 6.05. The molecule has 0 bridgehead atoms. The van der Waals surface area contributed by atoms with Gasteiger partial charge in [0.05, 0.1) is 0 Å². The first kappa shape index (κ1) is 18.7. The van der Waals surface area contributed by atoms with Crippen LogP contribution in [0.25, 0.3) is 0 Å². The summed E-state index contributed by atoms with van der Waals surface area (Å²) in [6.07, 6.45) is 0. The molecule has 0 unspecified atom stereocenters. The van der Waals surface area contributed by atoms with E-state index in [-0.39, 0.29) is 29.6 Å². The summed E-state index contributed by atoms with van der Waals surface area (Å²) in [5, 5.41) is -2.57. The van der Waals surface area contributed by atoms with Crippen LogP contribution in [0.15, 0.2) is 0 Å². The average molecular weight is 287 g/mol. The van der Waals surface area contributed by atoms with Crippen LogP contribution in [0.3, 0.4) is 0 Å². The van der Waals surface area contributed by atoms with E-state index < -0.39 is 31.5 Å². The standard InChI is InChI=1S/C4H10O7P2S.Na/c1-3(5)14-2-4(12(6,7)8)13(9,10)11;/h4H,2H2,1H3,(H2,6,7,8)(H2,9,10,11);. The first-order valence-corrected chi connectivity index (χ1v) is 7.64. The minimum atomic E-state index is -4.89. The van der Waals surface area contributed by atoms with Crippen LogP contribution in [-0.2, 0) is 13.9 Å². The van der Waals surface area contributed by atoms with Crippen molar-refractivity contribution in [3.63, 3.8) is 0 Å². The fraction of sp³-hybridized carbons (Fsp3) is 0.750. The quantitative estimate of drug-likeness (QED) is 0.404. The van der Waals surface area contributed by atoms with Crippen molar-refractivity contribution in [3.8, 4) is 0 Å². The monoisotopic (exact) mass is 287 g/mol. The molecule has 0 saturated heterocycles. The Morgan fingerprint density at radius 2 is 1.53 bits per heavy atom. The summed E-state index contributed by atoms with van der Waals surface area (Å²) in [6.45, 7) is 1.14. The van der Waals surface area contributed by atoms with Crippen molar-refractivity contribution >= 4 is 61.6 Å². The van der Waals surface area contributed by atoms with Crippen LogP contribution in [0, 0.1) is 0 Å². The summed E-state index contributed by atoms with van der Waals surface area (Å²) in [5.74, 6) is -0.593. The van der Waals surface area contributed by atoms with E-state index >= 15 is 0 Å². The Balaban J connectivity index is 0. The summed E-state index contributed by atoms with van der Waals surface area (Å²) in [5.41, 5.74) is 0. The minimum absolute atomic E-state index is 0. The van der Waals surface area contributed by atoms with Gasteiger partial charge in [0, 0.05) is 42.2 Å². The predicted octanol–water partition coefficient (Wildman–Crippen LogP) is -0.433. The van der Waals surface area contributed by atoms with Gasteiger partial charge < -0.3 is 19.6 Å². The van der Waals surface area contributed by atoms with Crippen LogP contribution in [0.4, 0.5) is 0 Å². The van der Waals surface area contributed by atoms with E-state index in [2.05, 4.69) is 0 Å². The third-order valence-corrected chi connectivity index (χ3v) is 6.34. The Kier molecular flexibility index (Phi) is 8.61. The van der Waals surface area contributed by atoms with Gasteiger partial charge in [-0.2, -0.15) is 0 Å².